The fourth-order valence-corrected chi connectivity index (χ4v) is 1.99. The number of carbonyl (C=O) groups excluding carboxylic acids is 1. The molecule has 0 aliphatic carbocycles. The Morgan fingerprint density at radius 2 is 2.00 bits per heavy atom. The largest absolute Gasteiger partial charge is 0.496 e. The molecule has 24 heavy (non-hydrogen) atoms. The third-order valence-corrected chi connectivity index (χ3v) is 3.04. The molecule has 0 aliphatic heterocycles. The molecule has 0 fully saturated rings. The van der Waals surface area contributed by atoms with Gasteiger partial charge in [0.1, 0.15) is 24.2 Å². The average Bonchev–Trinajstić information content (AvgIpc) is 2.87. The van der Waals surface area contributed by atoms with E-state index >= 15 is 0 Å². The van der Waals surface area contributed by atoms with Gasteiger partial charge in [-0.25, -0.2) is 0 Å². The number of anilines is 1. The van der Waals surface area contributed by atoms with Gasteiger partial charge in [0.05, 0.1) is 28.7 Å². The quantitative estimate of drug-likeness (QED) is 0.624. The topological polar surface area (TPSA) is 142 Å². The first kappa shape index (κ1) is 16.9. The second kappa shape index (κ2) is 6.73. The number of nitro benzene ring substituents is 1. The van der Waals surface area contributed by atoms with Gasteiger partial charge in [-0.05, 0) is 6.92 Å². The summed E-state index contributed by atoms with van der Waals surface area (Å²) in [5.41, 5.74) is -0.0794. The molecule has 1 aromatic carbocycles. The summed E-state index contributed by atoms with van der Waals surface area (Å²) in [6.07, 6.45) is 1.14. The van der Waals surface area contributed by atoms with Crippen LogP contribution in [-0.2, 0) is 11.3 Å². The lowest BCUT2D eigenvalue weighted by atomic mass is 10.2. The van der Waals surface area contributed by atoms with E-state index in [9.17, 15) is 25.0 Å². The summed E-state index contributed by atoms with van der Waals surface area (Å²) >= 11 is 0. The van der Waals surface area contributed by atoms with Crippen LogP contribution in [-0.4, -0.2) is 32.6 Å². The van der Waals surface area contributed by atoms with Crippen molar-refractivity contribution >= 4 is 23.0 Å². The maximum Gasteiger partial charge on any atom is 0.309 e. The molecule has 1 heterocycles. The lowest BCUT2D eigenvalue weighted by molar-refractivity contribution is -0.385. The lowest BCUT2D eigenvalue weighted by Crippen LogP contribution is -2.19. The highest BCUT2D eigenvalue weighted by Crippen LogP contribution is 2.25. The summed E-state index contributed by atoms with van der Waals surface area (Å²) in [5, 5.41) is 28.0. The number of nitro groups is 2. The van der Waals surface area contributed by atoms with Crippen LogP contribution in [0.5, 0.6) is 5.75 Å². The highest BCUT2D eigenvalue weighted by atomic mass is 16.6. The molecule has 1 amide bonds. The number of hydrogen-bond acceptors (Lipinski definition) is 7. The first-order valence-corrected chi connectivity index (χ1v) is 6.62. The first-order valence-electron chi connectivity index (χ1n) is 6.62. The van der Waals surface area contributed by atoms with Crippen molar-refractivity contribution < 1.29 is 19.4 Å². The number of nitrogens with zero attached hydrogens (tertiary/aromatic N) is 4. The fraction of sp³-hybridized carbons (Fsp3) is 0.231. The molecule has 0 atom stereocenters. The van der Waals surface area contributed by atoms with Crippen LogP contribution in [0, 0.1) is 27.2 Å². The van der Waals surface area contributed by atoms with E-state index in [-0.39, 0.29) is 35.1 Å². The van der Waals surface area contributed by atoms with Crippen LogP contribution in [0.15, 0.2) is 24.4 Å². The zero-order valence-corrected chi connectivity index (χ0v) is 12.8. The molecular weight excluding hydrogens is 322 g/mol. The van der Waals surface area contributed by atoms with Crippen LogP contribution >= 0.6 is 0 Å². The molecule has 0 bridgehead atoms. The Hall–Kier alpha value is -3.50. The van der Waals surface area contributed by atoms with Gasteiger partial charge in [0.15, 0.2) is 0 Å². The minimum atomic E-state index is -0.613. The van der Waals surface area contributed by atoms with Crippen LogP contribution in [0.25, 0.3) is 0 Å². The van der Waals surface area contributed by atoms with E-state index < -0.39 is 15.8 Å². The summed E-state index contributed by atoms with van der Waals surface area (Å²) in [6, 6.07) is 3.81. The highest BCUT2D eigenvalue weighted by molar-refractivity contribution is 5.91. The van der Waals surface area contributed by atoms with Gasteiger partial charge in [-0.1, -0.05) is 0 Å². The second-order valence-corrected chi connectivity index (χ2v) is 4.78. The van der Waals surface area contributed by atoms with Gasteiger partial charge in [-0.2, -0.15) is 5.10 Å². The van der Waals surface area contributed by atoms with Crippen LogP contribution in [0.1, 0.15) is 5.69 Å². The van der Waals surface area contributed by atoms with Gasteiger partial charge in [0.25, 0.3) is 5.69 Å². The van der Waals surface area contributed by atoms with Crippen molar-refractivity contribution in [3.63, 3.8) is 0 Å². The SMILES string of the molecule is COc1cc(NC(=O)Cn2cc([N+](=O)[O-])c(C)n2)cc([N+](=O)[O-])c1. The molecule has 2 aromatic rings. The zero-order valence-electron chi connectivity index (χ0n) is 12.8. The van der Waals surface area contributed by atoms with E-state index in [1.807, 2.05) is 0 Å². The lowest BCUT2D eigenvalue weighted by Gasteiger charge is -2.07. The number of methoxy groups -OCH3 is 1. The van der Waals surface area contributed by atoms with E-state index in [1.54, 1.807) is 0 Å². The molecule has 0 spiro atoms. The molecule has 1 N–H and O–H groups in total. The van der Waals surface area contributed by atoms with Crippen molar-refractivity contribution in [1.29, 1.82) is 0 Å². The number of aromatic nitrogens is 2. The van der Waals surface area contributed by atoms with E-state index in [4.69, 9.17) is 4.74 Å². The monoisotopic (exact) mass is 335 g/mol. The van der Waals surface area contributed by atoms with Gasteiger partial charge in [-0.3, -0.25) is 29.7 Å². The molecule has 11 heteroatoms. The van der Waals surface area contributed by atoms with E-state index in [0.717, 1.165) is 10.9 Å². The van der Waals surface area contributed by atoms with Crippen molar-refractivity contribution in [3.05, 3.63) is 50.3 Å². The van der Waals surface area contributed by atoms with Gasteiger partial charge in [0.2, 0.25) is 5.91 Å². The molecule has 0 unspecified atom stereocenters. The number of aryl methyl sites for hydroxylation is 1. The molecule has 126 valence electrons. The Kier molecular flexibility index (Phi) is 4.73. The van der Waals surface area contributed by atoms with Crippen LogP contribution in [0.2, 0.25) is 0 Å². The average molecular weight is 335 g/mol. The number of non-ortho nitro benzene ring substituents is 1. The molecule has 1 aromatic heterocycles. The second-order valence-electron chi connectivity index (χ2n) is 4.78. The maximum absolute atomic E-state index is 12.0. The molecule has 2 rings (SSSR count). The predicted molar refractivity (Wildman–Crippen MR) is 81.9 cm³/mol. The minimum absolute atomic E-state index is 0.171. The third-order valence-electron chi connectivity index (χ3n) is 3.04. The van der Waals surface area contributed by atoms with Crippen molar-refractivity contribution in [2.24, 2.45) is 0 Å². The Morgan fingerprint density at radius 1 is 1.29 bits per heavy atom. The normalized spacial score (nSPS) is 10.2. The van der Waals surface area contributed by atoms with Crippen molar-refractivity contribution in [1.82, 2.24) is 9.78 Å². The maximum atomic E-state index is 12.0. The number of carbonyl (C=O) groups is 1. The number of benzene rings is 1. The van der Waals surface area contributed by atoms with E-state index in [0.29, 0.717) is 0 Å². The summed E-state index contributed by atoms with van der Waals surface area (Å²) in [7, 11) is 1.34. The summed E-state index contributed by atoms with van der Waals surface area (Å²) < 4.78 is 6.07. The van der Waals surface area contributed by atoms with Crippen molar-refractivity contribution in [3.8, 4) is 5.75 Å². The van der Waals surface area contributed by atoms with E-state index in [2.05, 4.69) is 10.4 Å². The summed E-state index contributed by atoms with van der Waals surface area (Å²) in [6.45, 7) is 1.18. The van der Waals surface area contributed by atoms with Crippen LogP contribution in [0.3, 0.4) is 0 Å². The van der Waals surface area contributed by atoms with Gasteiger partial charge in [-0.15, -0.1) is 0 Å². The number of ether oxygens (including phenoxy) is 1. The van der Waals surface area contributed by atoms with Gasteiger partial charge in [0, 0.05) is 12.1 Å². The molecule has 0 saturated heterocycles. The van der Waals surface area contributed by atoms with Crippen LogP contribution < -0.4 is 10.1 Å². The molecular formula is C13H13N5O6. The van der Waals surface area contributed by atoms with Gasteiger partial charge >= 0.3 is 5.69 Å². The number of hydrogen-bond donors (Lipinski definition) is 1. The minimum Gasteiger partial charge on any atom is -0.496 e. The Balaban J connectivity index is 2.15. The Morgan fingerprint density at radius 3 is 2.54 bits per heavy atom. The number of amides is 1. The molecule has 0 radical (unpaired) electrons. The molecule has 11 nitrogen and oxygen atoms in total. The van der Waals surface area contributed by atoms with Crippen molar-refractivity contribution in [2.75, 3.05) is 12.4 Å². The first-order chi connectivity index (χ1) is 11.3. The van der Waals surface area contributed by atoms with Crippen LogP contribution in [0.4, 0.5) is 17.1 Å². The van der Waals surface area contributed by atoms with Gasteiger partial charge < -0.3 is 10.1 Å². The predicted octanol–water partition coefficient (Wildman–Crippen LogP) is 1.66. The Labute approximate surface area is 135 Å². The smallest absolute Gasteiger partial charge is 0.309 e. The fourth-order valence-electron chi connectivity index (χ4n) is 1.99. The highest BCUT2D eigenvalue weighted by Gasteiger charge is 2.17. The number of nitrogens with one attached hydrogen (secondary N) is 1. The number of rotatable bonds is 6. The van der Waals surface area contributed by atoms with Crippen molar-refractivity contribution in [2.45, 2.75) is 13.5 Å². The Bertz CT molecular complexity index is 815. The summed E-state index contributed by atoms with van der Waals surface area (Å²) in [4.78, 5) is 32.4. The summed E-state index contributed by atoms with van der Waals surface area (Å²) in [5.74, 6) is -0.333. The zero-order chi connectivity index (χ0) is 17.9. The standard InChI is InChI=1S/C13H13N5O6/c1-8-12(18(22)23)6-16(15-8)7-13(19)14-9-3-10(17(20)21)5-11(4-9)24-2/h3-6H,7H2,1-2H3,(H,14,19). The van der Waals surface area contributed by atoms with E-state index in [1.165, 1.54) is 32.2 Å². The molecule has 0 aliphatic rings. The third kappa shape index (κ3) is 3.82. The molecule has 0 saturated carbocycles.